The van der Waals surface area contributed by atoms with Gasteiger partial charge < -0.3 is 10.1 Å². The summed E-state index contributed by atoms with van der Waals surface area (Å²) in [5, 5.41) is 13.4. The van der Waals surface area contributed by atoms with Gasteiger partial charge in [0.25, 0.3) is 0 Å². The van der Waals surface area contributed by atoms with Crippen molar-refractivity contribution in [1.82, 2.24) is 15.5 Å². The second kappa shape index (κ2) is 7.48. The number of ether oxygens (including phenoxy) is 1. The van der Waals surface area contributed by atoms with E-state index in [-0.39, 0.29) is 0 Å². The van der Waals surface area contributed by atoms with Crippen LogP contribution in [0.4, 0.5) is 10.6 Å². The van der Waals surface area contributed by atoms with Crippen LogP contribution in [0.15, 0.2) is 30.5 Å². The zero-order valence-electron chi connectivity index (χ0n) is 13.4. The van der Waals surface area contributed by atoms with Gasteiger partial charge in [-0.05, 0) is 38.5 Å². The van der Waals surface area contributed by atoms with Gasteiger partial charge in [0, 0.05) is 23.7 Å². The maximum atomic E-state index is 11.8. The number of hydrogen-bond acceptors (Lipinski definition) is 4. The van der Waals surface area contributed by atoms with Gasteiger partial charge in [0.15, 0.2) is 0 Å². The number of halogens is 1. The van der Waals surface area contributed by atoms with Crippen molar-refractivity contribution >= 4 is 23.5 Å². The van der Waals surface area contributed by atoms with Crippen LogP contribution in [0.3, 0.4) is 0 Å². The average Bonchev–Trinajstić information content (AvgIpc) is 2.86. The predicted octanol–water partition coefficient (Wildman–Crippen LogP) is 3.70. The Labute approximate surface area is 140 Å². The summed E-state index contributed by atoms with van der Waals surface area (Å²) in [6, 6.07) is 7.63. The van der Waals surface area contributed by atoms with Crippen molar-refractivity contribution in [3.05, 3.63) is 46.6 Å². The Morgan fingerprint density at radius 1 is 1.26 bits per heavy atom. The Hall–Kier alpha value is -2.05. The molecule has 0 aliphatic heterocycles. The van der Waals surface area contributed by atoms with Gasteiger partial charge in [0.2, 0.25) is 0 Å². The Morgan fingerprint density at radius 2 is 1.96 bits per heavy atom. The Kier molecular flexibility index (Phi) is 5.63. The van der Waals surface area contributed by atoms with Crippen molar-refractivity contribution in [2.45, 2.75) is 39.5 Å². The van der Waals surface area contributed by atoms with Crippen molar-refractivity contribution in [3.63, 3.8) is 0 Å². The van der Waals surface area contributed by atoms with E-state index in [9.17, 15) is 4.79 Å². The molecule has 7 heteroatoms. The van der Waals surface area contributed by atoms with Crippen molar-refractivity contribution in [2.75, 3.05) is 5.32 Å². The van der Waals surface area contributed by atoms with Gasteiger partial charge >= 0.3 is 6.09 Å². The molecule has 0 atom stereocenters. The number of carbonyl (C=O) groups is 1. The molecule has 1 amide bonds. The second-order valence-electron chi connectivity index (χ2n) is 6.13. The first-order valence-electron chi connectivity index (χ1n) is 7.31. The van der Waals surface area contributed by atoms with Gasteiger partial charge in [0.1, 0.15) is 11.4 Å². The molecule has 0 bridgehead atoms. The third-order valence-corrected chi connectivity index (χ3v) is 3.15. The summed E-state index contributed by atoms with van der Waals surface area (Å²) < 4.78 is 5.22. The van der Waals surface area contributed by atoms with Gasteiger partial charge in [-0.15, -0.1) is 0 Å². The number of aromatic nitrogens is 2. The summed E-state index contributed by atoms with van der Waals surface area (Å²) in [6.07, 6.45) is 1.15. The summed E-state index contributed by atoms with van der Waals surface area (Å²) in [4.78, 5) is 11.8. The standard InChI is InChI=1S/C16H21ClN4O2/c1-16(2,3)23-15(22)20-14-12(10-19-21-14)9-18-8-11-4-6-13(17)7-5-11/h4-7,10,18H,8-9H2,1-3H3,(H2,19,20,21,22). The molecule has 0 radical (unpaired) electrons. The molecule has 0 saturated carbocycles. The molecule has 0 aliphatic rings. The molecule has 0 fully saturated rings. The quantitative estimate of drug-likeness (QED) is 0.777. The fourth-order valence-corrected chi connectivity index (χ4v) is 2.03. The lowest BCUT2D eigenvalue weighted by Crippen LogP contribution is -2.27. The third-order valence-electron chi connectivity index (χ3n) is 2.90. The molecular formula is C16H21ClN4O2. The highest BCUT2D eigenvalue weighted by molar-refractivity contribution is 6.30. The van der Waals surface area contributed by atoms with Crippen molar-refractivity contribution in [2.24, 2.45) is 0 Å². The molecule has 124 valence electrons. The van der Waals surface area contributed by atoms with Crippen LogP contribution >= 0.6 is 11.6 Å². The van der Waals surface area contributed by atoms with Crippen molar-refractivity contribution in [3.8, 4) is 0 Å². The molecule has 0 aliphatic carbocycles. The van der Waals surface area contributed by atoms with Crippen LogP contribution < -0.4 is 10.6 Å². The van der Waals surface area contributed by atoms with Crippen LogP contribution in [-0.4, -0.2) is 21.9 Å². The number of anilines is 1. The van der Waals surface area contributed by atoms with E-state index in [1.165, 1.54) is 0 Å². The molecule has 2 aromatic rings. The predicted molar refractivity (Wildman–Crippen MR) is 90.4 cm³/mol. The SMILES string of the molecule is CC(C)(C)OC(=O)Nc1[nH]ncc1CNCc1ccc(Cl)cc1. The maximum absolute atomic E-state index is 11.8. The Bertz CT molecular complexity index is 647. The highest BCUT2D eigenvalue weighted by Crippen LogP contribution is 2.14. The van der Waals surface area contributed by atoms with Gasteiger partial charge in [-0.3, -0.25) is 10.4 Å². The first kappa shape index (κ1) is 17.3. The first-order valence-corrected chi connectivity index (χ1v) is 7.69. The number of carbonyl (C=O) groups excluding carboxylic acids is 1. The van der Waals surface area contributed by atoms with Crippen molar-refractivity contribution in [1.29, 1.82) is 0 Å². The zero-order chi connectivity index (χ0) is 16.9. The number of benzene rings is 1. The lowest BCUT2D eigenvalue weighted by Gasteiger charge is -2.19. The van der Waals surface area contributed by atoms with Crippen LogP contribution in [0.2, 0.25) is 5.02 Å². The van der Waals surface area contributed by atoms with E-state index in [0.717, 1.165) is 11.1 Å². The number of nitrogens with zero attached hydrogens (tertiary/aromatic N) is 1. The molecule has 0 spiro atoms. The van der Waals surface area contributed by atoms with E-state index in [1.807, 2.05) is 45.0 Å². The number of nitrogens with one attached hydrogen (secondary N) is 3. The molecule has 0 saturated heterocycles. The molecule has 1 aromatic carbocycles. The smallest absolute Gasteiger partial charge is 0.413 e. The molecule has 0 unspecified atom stereocenters. The number of amides is 1. The number of H-pyrrole nitrogens is 1. The van der Waals surface area contributed by atoms with Gasteiger partial charge in [0.05, 0.1) is 6.20 Å². The summed E-state index contributed by atoms with van der Waals surface area (Å²) in [6.45, 7) is 6.69. The van der Waals surface area contributed by atoms with Gasteiger partial charge in [-0.2, -0.15) is 5.10 Å². The van der Waals surface area contributed by atoms with E-state index in [1.54, 1.807) is 6.20 Å². The number of rotatable bonds is 5. The molecule has 6 nitrogen and oxygen atoms in total. The summed E-state index contributed by atoms with van der Waals surface area (Å²) in [5.74, 6) is 0.530. The highest BCUT2D eigenvalue weighted by Gasteiger charge is 2.17. The second-order valence-corrected chi connectivity index (χ2v) is 6.56. The van der Waals surface area contributed by atoms with Gasteiger partial charge in [-0.25, -0.2) is 4.79 Å². The van der Waals surface area contributed by atoms with Crippen LogP contribution in [0.25, 0.3) is 0 Å². The Balaban J connectivity index is 1.86. The van der Waals surface area contributed by atoms with Crippen LogP contribution in [-0.2, 0) is 17.8 Å². The summed E-state index contributed by atoms with van der Waals surface area (Å²) in [7, 11) is 0. The molecule has 3 N–H and O–H groups in total. The Morgan fingerprint density at radius 3 is 2.61 bits per heavy atom. The van der Waals surface area contributed by atoms with Crippen LogP contribution in [0, 0.1) is 0 Å². The molecule has 1 aromatic heterocycles. The van der Waals surface area contributed by atoms with Gasteiger partial charge in [-0.1, -0.05) is 23.7 Å². The summed E-state index contributed by atoms with van der Waals surface area (Å²) in [5.41, 5.74) is 1.43. The summed E-state index contributed by atoms with van der Waals surface area (Å²) >= 11 is 5.86. The van der Waals surface area contributed by atoms with Crippen LogP contribution in [0.1, 0.15) is 31.9 Å². The topological polar surface area (TPSA) is 79.0 Å². The zero-order valence-corrected chi connectivity index (χ0v) is 14.2. The van der Waals surface area contributed by atoms with E-state index in [4.69, 9.17) is 16.3 Å². The largest absolute Gasteiger partial charge is 0.444 e. The third kappa shape index (κ3) is 5.92. The number of hydrogen-bond donors (Lipinski definition) is 3. The van der Waals surface area contributed by atoms with E-state index < -0.39 is 11.7 Å². The highest BCUT2D eigenvalue weighted by atomic mass is 35.5. The molecular weight excluding hydrogens is 316 g/mol. The maximum Gasteiger partial charge on any atom is 0.413 e. The molecule has 1 heterocycles. The molecule has 23 heavy (non-hydrogen) atoms. The minimum atomic E-state index is -0.545. The minimum absolute atomic E-state index is 0.513. The number of aromatic amines is 1. The van der Waals surface area contributed by atoms with Crippen molar-refractivity contribution < 1.29 is 9.53 Å². The average molecular weight is 337 g/mol. The minimum Gasteiger partial charge on any atom is -0.444 e. The van der Waals surface area contributed by atoms with E-state index in [0.29, 0.717) is 23.9 Å². The van der Waals surface area contributed by atoms with E-state index >= 15 is 0 Å². The fourth-order valence-electron chi connectivity index (χ4n) is 1.90. The first-order chi connectivity index (χ1) is 10.8. The van der Waals surface area contributed by atoms with Crippen LogP contribution in [0.5, 0.6) is 0 Å². The normalized spacial score (nSPS) is 11.3. The lowest BCUT2D eigenvalue weighted by atomic mass is 10.2. The van der Waals surface area contributed by atoms with E-state index in [2.05, 4.69) is 20.8 Å². The molecule has 2 rings (SSSR count). The lowest BCUT2D eigenvalue weighted by molar-refractivity contribution is 0.0635. The fraction of sp³-hybridized carbons (Fsp3) is 0.375. The monoisotopic (exact) mass is 336 g/mol.